The van der Waals surface area contributed by atoms with Gasteiger partial charge in [0.15, 0.2) is 5.96 Å². The van der Waals surface area contributed by atoms with Crippen molar-refractivity contribution in [2.75, 3.05) is 13.1 Å². The maximum absolute atomic E-state index is 11.4. The minimum atomic E-state index is 0.0382. The molecule has 0 radical (unpaired) electrons. The highest BCUT2D eigenvalue weighted by Crippen LogP contribution is 2.04. The number of amides is 1. The molecule has 0 aliphatic carbocycles. The molecule has 0 bridgehead atoms. The number of nitrogens with two attached hydrogens (primary N) is 1. The van der Waals surface area contributed by atoms with Gasteiger partial charge in [0.1, 0.15) is 0 Å². The van der Waals surface area contributed by atoms with E-state index in [-0.39, 0.29) is 11.9 Å². The standard InChI is InChI=1S/C15H32N4O/c1-4-5-6-7-8-9-11-17-15(16)18-12-10-14(20)19-13(2)3/h13H,4-12H2,1-3H3,(H,19,20)(H3,16,17,18). The molecule has 5 nitrogen and oxygen atoms in total. The van der Waals surface area contributed by atoms with Gasteiger partial charge in [-0.15, -0.1) is 0 Å². The van der Waals surface area contributed by atoms with Crippen molar-refractivity contribution < 1.29 is 4.79 Å². The van der Waals surface area contributed by atoms with Gasteiger partial charge in [-0.05, 0) is 20.3 Å². The monoisotopic (exact) mass is 284 g/mol. The van der Waals surface area contributed by atoms with Gasteiger partial charge in [-0.25, -0.2) is 0 Å². The van der Waals surface area contributed by atoms with E-state index in [9.17, 15) is 4.79 Å². The lowest BCUT2D eigenvalue weighted by Gasteiger charge is -2.09. The average Bonchev–Trinajstić information content (AvgIpc) is 2.36. The van der Waals surface area contributed by atoms with E-state index in [4.69, 9.17) is 5.73 Å². The summed E-state index contributed by atoms with van der Waals surface area (Å²) in [5.74, 6) is 0.479. The Morgan fingerprint density at radius 2 is 1.80 bits per heavy atom. The quantitative estimate of drug-likeness (QED) is 0.309. The molecule has 1 amide bonds. The molecular formula is C15H32N4O. The third-order valence-electron chi connectivity index (χ3n) is 2.90. The molecule has 20 heavy (non-hydrogen) atoms. The largest absolute Gasteiger partial charge is 0.370 e. The number of aliphatic imine (C=N–C) groups is 1. The van der Waals surface area contributed by atoms with Crippen LogP contribution in [0.1, 0.15) is 65.7 Å². The normalized spacial score (nSPS) is 11.7. The number of guanidine groups is 1. The van der Waals surface area contributed by atoms with Gasteiger partial charge in [-0.3, -0.25) is 9.79 Å². The third kappa shape index (κ3) is 13.2. The van der Waals surface area contributed by atoms with Gasteiger partial charge in [0.25, 0.3) is 0 Å². The second-order valence-electron chi connectivity index (χ2n) is 5.43. The van der Waals surface area contributed by atoms with Crippen molar-refractivity contribution in [1.29, 1.82) is 0 Å². The molecule has 0 saturated heterocycles. The summed E-state index contributed by atoms with van der Waals surface area (Å²) in [4.78, 5) is 15.6. The molecule has 0 aromatic heterocycles. The summed E-state index contributed by atoms with van der Waals surface area (Å²) in [7, 11) is 0. The van der Waals surface area contributed by atoms with E-state index in [1.165, 1.54) is 32.1 Å². The minimum Gasteiger partial charge on any atom is -0.370 e. The van der Waals surface area contributed by atoms with Crippen LogP contribution in [0.5, 0.6) is 0 Å². The fourth-order valence-electron chi connectivity index (χ4n) is 1.85. The number of nitrogens with one attached hydrogen (secondary N) is 2. The molecule has 0 unspecified atom stereocenters. The fourth-order valence-corrected chi connectivity index (χ4v) is 1.85. The van der Waals surface area contributed by atoms with Gasteiger partial charge in [-0.2, -0.15) is 0 Å². The lowest BCUT2D eigenvalue weighted by atomic mass is 10.1. The Kier molecular flexibility index (Phi) is 12.0. The molecule has 0 aliphatic rings. The predicted molar refractivity (Wildman–Crippen MR) is 85.8 cm³/mol. The van der Waals surface area contributed by atoms with Crippen LogP contribution in [0.2, 0.25) is 0 Å². The van der Waals surface area contributed by atoms with Crippen molar-refractivity contribution in [3.05, 3.63) is 0 Å². The Balaban J connectivity index is 3.49. The smallest absolute Gasteiger partial charge is 0.221 e. The van der Waals surface area contributed by atoms with E-state index in [1.54, 1.807) is 0 Å². The van der Waals surface area contributed by atoms with Crippen molar-refractivity contribution in [3.63, 3.8) is 0 Å². The molecule has 0 saturated carbocycles. The van der Waals surface area contributed by atoms with E-state index < -0.39 is 0 Å². The molecule has 5 heteroatoms. The van der Waals surface area contributed by atoms with Crippen LogP contribution in [0.15, 0.2) is 4.99 Å². The molecule has 4 N–H and O–H groups in total. The molecule has 0 rings (SSSR count). The molecule has 0 aromatic carbocycles. The lowest BCUT2D eigenvalue weighted by Crippen LogP contribution is -2.37. The van der Waals surface area contributed by atoms with Crippen molar-refractivity contribution in [3.8, 4) is 0 Å². The molecular weight excluding hydrogens is 252 g/mol. The Hall–Kier alpha value is -1.26. The average molecular weight is 284 g/mol. The summed E-state index contributed by atoms with van der Waals surface area (Å²) in [6.45, 7) is 7.41. The summed E-state index contributed by atoms with van der Waals surface area (Å²) >= 11 is 0. The summed E-state index contributed by atoms with van der Waals surface area (Å²) in [6, 6.07) is 0.182. The first kappa shape index (κ1) is 18.7. The van der Waals surface area contributed by atoms with E-state index in [2.05, 4.69) is 22.5 Å². The summed E-state index contributed by atoms with van der Waals surface area (Å²) in [5.41, 5.74) is 5.73. The number of nitrogens with zero attached hydrogens (tertiary/aromatic N) is 1. The van der Waals surface area contributed by atoms with Crippen LogP contribution in [-0.4, -0.2) is 31.0 Å². The molecule has 0 spiro atoms. The number of carbonyl (C=O) groups excluding carboxylic acids is 1. The molecule has 0 heterocycles. The van der Waals surface area contributed by atoms with E-state index >= 15 is 0 Å². The van der Waals surface area contributed by atoms with Crippen LogP contribution >= 0.6 is 0 Å². The van der Waals surface area contributed by atoms with E-state index in [0.29, 0.717) is 18.9 Å². The second-order valence-corrected chi connectivity index (χ2v) is 5.43. The van der Waals surface area contributed by atoms with Crippen LogP contribution in [0.3, 0.4) is 0 Å². The number of unbranched alkanes of at least 4 members (excludes halogenated alkanes) is 5. The van der Waals surface area contributed by atoms with Crippen LogP contribution in [0.25, 0.3) is 0 Å². The van der Waals surface area contributed by atoms with Crippen molar-refractivity contribution in [2.24, 2.45) is 10.7 Å². The number of carbonyl (C=O) groups is 1. The van der Waals surface area contributed by atoms with Gasteiger partial charge in [0.2, 0.25) is 5.91 Å². The molecule has 0 fully saturated rings. The third-order valence-corrected chi connectivity index (χ3v) is 2.90. The van der Waals surface area contributed by atoms with E-state index in [1.807, 2.05) is 13.8 Å². The van der Waals surface area contributed by atoms with E-state index in [0.717, 1.165) is 13.0 Å². The minimum absolute atomic E-state index is 0.0382. The Labute approximate surface area is 123 Å². The Bertz CT molecular complexity index is 277. The number of hydrogen-bond donors (Lipinski definition) is 3. The summed E-state index contributed by atoms with van der Waals surface area (Å²) in [5, 5.41) is 5.80. The maximum Gasteiger partial charge on any atom is 0.221 e. The molecule has 0 aliphatic heterocycles. The molecule has 0 atom stereocenters. The SMILES string of the molecule is CCCCCCCCN=C(N)NCCC(=O)NC(C)C. The van der Waals surface area contributed by atoms with Crippen LogP contribution < -0.4 is 16.4 Å². The first-order chi connectivity index (χ1) is 9.56. The summed E-state index contributed by atoms with van der Waals surface area (Å²) in [6.07, 6.45) is 7.93. The van der Waals surface area contributed by atoms with Gasteiger partial charge in [0.05, 0.1) is 0 Å². The highest BCUT2D eigenvalue weighted by atomic mass is 16.1. The fraction of sp³-hybridized carbons (Fsp3) is 0.867. The second kappa shape index (κ2) is 12.8. The zero-order chi connectivity index (χ0) is 15.2. The van der Waals surface area contributed by atoms with Gasteiger partial charge >= 0.3 is 0 Å². The first-order valence-electron chi connectivity index (χ1n) is 7.89. The summed E-state index contributed by atoms with van der Waals surface area (Å²) < 4.78 is 0. The number of hydrogen-bond acceptors (Lipinski definition) is 2. The first-order valence-corrected chi connectivity index (χ1v) is 7.89. The maximum atomic E-state index is 11.4. The zero-order valence-corrected chi connectivity index (χ0v) is 13.4. The lowest BCUT2D eigenvalue weighted by molar-refractivity contribution is -0.121. The van der Waals surface area contributed by atoms with Gasteiger partial charge in [-0.1, -0.05) is 39.0 Å². The molecule has 0 aromatic rings. The van der Waals surface area contributed by atoms with Crippen LogP contribution in [-0.2, 0) is 4.79 Å². The highest BCUT2D eigenvalue weighted by Gasteiger charge is 2.02. The van der Waals surface area contributed by atoms with Crippen molar-refractivity contribution in [2.45, 2.75) is 71.8 Å². The zero-order valence-electron chi connectivity index (χ0n) is 13.4. The van der Waals surface area contributed by atoms with Crippen molar-refractivity contribution >= 4 is 11.9 Å². The topological polar surface area (TPSA) is 79.5 Å². The Morgan fingerprint density at radius 1 is 1.15 bits per heavy atom. The van der Waals surface area contributed by atoms with Gasteiger partial charge in [0, 0.05) is 25.6 Å². The van der Waals surface area contributed by atoms with Gasteiger partial charge < -0.3 is 16.4 Å². The van der Waals surface area contributed by atoms with Crippen LogP contribution in [0, 0.1) is 0 Å². The molecule has 118 valence electrons. The van der Waals surface area contributed by atoms with Crippen molar-refractivity contribution in [1.82, 2.24) is 10.6 Å². The number of rotatable bonds is 11. The Morgan fingerprint density at radius 3 is 2.45 bits per heavy atom. The van der Waals surface area contributed by atoms with Crippen LogP contribution in [0.4, 0.5) is 0 Å². The highest BCUT2D eigenvalue weighted by molar-refractivity contribution is 5.80. The predicted octanol–water partition coefficient (Wildman–Crippen LogP) is 2.17.